The van der Waals surface area contributed by atoms with Gasteiger partial charge in [0.1, 0.15) is 0 Å². The normalized spacial score (nSPS) is 11.7. The molecule has 70 heavy (non-hydrogen) atoms. The minimum atomic E-state index is 0. The molecule has 1 fully saturated rings. The van der Waals surface area contributed by atoms with Crippen molar-refractivity contribution in [2.75, 3.05) is 44.6 Å². The Morgan fingerprint density at radius 2 is 0.557 bits per heavy atom. The predicted molar refractivity (Wildman–Crippen MR) is 299 cm³/mol. The summed E-state index contributed by atoms with van der Waals surface area (Å²) in [7, 11) is 8.26. The van der Waals surface area contributed by atoms with Crippen LogP contribution >= 0.6 is 0 Å². The number of anilines is 2. The van der Waals surface area contributed by atoms with Crippen LogP contribution in [0.3, 0.4) is 0 Å². The fourth-order valence-electron chi connectivity index (χ4n) is 7.05. The molecular formula is C66H76N2OY-2. The van der Waals surface area contributed by atoms with E-state index in [2.05, 4.69) is 293 Å². The van der Waals surface area contributed by atoms with Gasteiger partial charge in [0.2, 0.25) is 0 Å². The van der Waals surface area contributed by atoms with Crippen LogP contribution in [0.2, 0.25) is 0 Å². The van der Waals surface area contributed by atoms with Crippen molar-refractivity contribution in [3.8, 4) is 0 Å². The molecule has 4 heteroatoms. The van der Waals surface area contributed by atoms with E-state index in [1.165, 1.54) is 95.7 Å². The van der Waals surface area contributed by atoms with E-state index in [0.29, 0.717) is 6.10 Å². The third kappa shape index (κ3) is 21.9. The molecule has 1 aliphatic heterocycles. The van der Waals surface area contributed by atoms with E-state index in [0.717, 1.165) is 19.4 Å². The molecule has 0 aromatic heterocycles. The van der Waals surface area contributed by atoms with Crippen LogP contribution in [0, 0.1) is 54.4 Å². The third-order valence-corrected chi connectivity index (χ3v) is 11.8. The molecule has 9 rings (SSSR count). The summed E-state index contributed by atoms with van der Waals surface area (Å²) in [6.45, 7) is 15.8. The Morgan fingerprint density at radius 1 is 0.357 bits per heavy atom. The summed E-state index contributed by atoms with van der Waals surface area (Å²) in [4.78, 5) is 4.24. The second-order valence-electron chi connectivity index (χ2n) is 18.7. The second kappa shape index (κ2) is 30.0. The zero-order valence-electron chi connectivity index (χ0n) is 43.9. The summed E-state index contributed by atoms with van der Waals surface area (Å²) in [6.07, 6.45) is 8.23. The van der Waals surface area contributed by atoms with Crippen LogP contribution in [0.4, 0.5) is 11.4 Å². The molecule has 8 aromatic carbocycles. The van der Waals surface area contributed by atoms with E-state index in [-0.39, 0.29) is 32.7 Å². The SMILES string of the molecule is CCC1CO1.CN(C)c1ccc(Cc2ccc(N(C)C)cc2)cc1.Cc1ccc(Cc2ccc(C)cc2)cc1.Cc1ccc([CH-]c2ccc(C)cc2)cc1.Cc1ccc([CH-]c2ccc(C)cc2)cc1.[Y]. The van der Waals surface area contributed by atoms with Crippen LogP contribution in [0.5, 0.6) is 0 Å². The molecule has 8 aromatic rings. The molecule has 1 saturated heterocycles. The minimum absolute atomic E-state index is 0. The number of hydrogen-bond donors (Lipinski definition) is 0. The maximum atomic E-state index is 4.86. The van der Waals surface area contributed by atoms with E-state index in [9.17, 15) is 0 Å². The van der Waals surface area contributed by atoms with Gasteiger partial charge in [0, 0.05) is 72.3 Å². The van der Waals surface area contributed by atoms with Gasteiger partial charge >= 0.3 is 0 Å². The molecule has 1 aliphatic rings. The van der Waals surface area contributed by atoms with Crippen molar-refractivity contribution in [2.24, 2.45) is 0 Å². The van der Waals surface area contributed by atoms with Crippen molar-refractivity contribution < 1.29 is 37.4 Å². The zero-order valence-corrected chi connectivity index (χ0v) is 46.8. The Morgan fingerprint density at radius 3 is 0.729 bits per heavy atom. The summed E-state index contributed by atoms with van der Waals surface area (Å²) >= 11 is 0. The monoisotopic (exact) mass is 1000 g/mol. The van der Waals surface area contributed by atoms with Gasteiger partial charge in [-0.1, -0.05) is 162 Å². The molecule has 0 bridgehead atoms. The van der Waals surface area contributed by atoms with Gasteiger partial charge in [0.25, 0.3) is 0 Å². The molecule has 1 unspecified atom stereocenters. The predicted octanol–water partition coefficient (Wildman–Crippen LogP) is 15.9. The van der Waals surface area contributed by atoms with Crippen molar-refractivity contribution >= 4 is 11.4 Å². The molecule has 0 spiro atoms. The van der Waals surface area contributed by atoms with Crippen LogP contribution in [0.1, 0.15) is 91.2 Å². The van der Waals surface area contributed by atoms with Gasteiger partial charge in [0.15, 0.2) is 0 Å². The van der Waals surface area contributed by atoms with Gasteiger partial charge in [-0.05, 0) is 107 Å². The van der Waals surface area contributed by atoms with Crippen LogP contribution in [0.15, 0.2) is 194 Å². The van der Waals surface area contributed by atoms with Gasteiger partial charge in [-0.25, -0.2) is 0 Å². The standard InChI is InChI=1S/C17H22N2.C15H16.2C15H15.C4H8O.Y/c1-18(2)16-9-5-14(6-10-16)13-15-7-11-17(12-8-15)19(3)4;3*1-12-3-7-14(8-4-12)11-15-9-5-13(2)6-10-15;1-2-4-3-5-4;/h5-12H,13H2,1-4H3;3-10H,11H2,1-2H3;2*3-11H,1-2H3;4H,2-3H2,1H3;/q;;2*-1;;. The quantitative estimate of drug-likeness (QED) is 0.0951. The number of epoxide rings is 1. The summed E-state index contributed by atoms with van der Waals surface area (Å²) in [5.74, 6) is 0. The summed E-state index contributed by atoms with van der Waals surface area (Å²) < 4.78 is 4.86. The molecule has 0 saturated carbocycles. The molecular weight excluding hydrogens is 926 g/mol. The second-order valence-corrected chi connectivity index (χ2v) is 18.7. The van der Waals surface area contributed by atoms with Gasteiger partial charge in [-0.3, -0.25) is 0 Å². The fraction of sp³-hybridized carbons (Fsp3) is 0.242. The first-order valence-electron chi connectivity index (χ1n) is 24.4. The first kappa shape index (κ1) is 56.7. The third-order valence-electron chi connectivity index (χ3n) is 11.8. The average molecular weight is 1000 g/mol. The maximum Gasteiger partial charge on any atom is 0.0807 e. The number of aryl methyl sites for hydroxylation is 6. The van der Waals surface area contributed by atoms with Crippen LogP contribution in [-0.2, 0) is 50.3 Å². The summed E-state index contributed by atoms with van der Waals surface area (Å²) in [5.41, 5.74) is 20.8. The zero-order chi connectivity index (χ0) is 49.5. The number of rotatable bonds is 11. The number of hydrogen-bond acceptors (Lipinski definition) is 3. The van der Waals surface area contributed by atoms with E-state index >= 15 is 0 Å². The minimum Gasteiger partial charge on any atom is -0.378 e. The van der Waals surface area contributed by atoms with Gasteiger partial charge in [-0.15, -0.1) is 83.6 Å². The van der Waals surface area contributed by atoms with Crippen molar-refractivity contribution in [1.29, 1.82) is 0 Å². The average Bonchev–Trinajstić information content (AvgIpc) is 4.20. The van der Waals surface area contributed by atoms with Gasteiger partial charge < -0.3 is 14.5 Å². The molecule has 1 radical (unpaired) electrons. The van der Waals surface area contributed by atoms with Crippen LogP contribution in [-0.4, -0.2) is 40.9 Å². The topological polar surface area (TPSA) is 19.0 Å². The molecule has 1 atom stereocenters. The molecule has 361 valence electrons. The smallest absolute Gasteiger partial charge is 0.0807 e. The summed E-state index contributed by atoms with van der Waals surface area (Å²) in [5, 5.41) is 0. The Bertz CT molecular complexity index is 2240. The Labute approximate surface area is 448 Å². The number of benzene rings is 8. The van der Waals surface area contributed by atoms with Crippen molar-refractivity contribution in [3.05, 3.63) is 285 Å². The molecule has 0 N–H and O–H groups in total. The summed E-state index contributed by atoms with van der Waals surface area (Å²) in [6, 6.07) is 69.3. The van der Waals surface area contributed by atoms with Crippen molar-refractivity contribution in [2.45, 2.75) is 73.8 Å². The molecule has 0 aliphatic carbocycles. The van der Waals surface area contributed by atoms with Gasteiger partial charge in [-0.2, -0.15) is 0 Å². The number of nitrogens with zero attached hydrogens (tertiary/aromatic N) is 2. The maximum absolute atomic E-state index is 4.86. The fourth-order valence-corrected chi connectivity index (χ4v) is 7.05. The van der Waals surface area contributed by atoms with E-state index < -0.39 is 0 Å². The van der Waals surface area contributed by atoms with Gasteiger partial charge in [0.05, 0.1) is 12.7 Å². The van der Waals surface area contributed by atoms with E-state index in [4.69, 9.17) is 4.74 Å². The molecule has 3 nitrogen and oxygen atoms in total. The van der Waals surface area contributed by atoms with Crippen molar-refractivity contribution in [3.63, 3.8) is 0 Å². The largest absolute Gasteiger partial charge is 0.378 e. The Kier molecular flexibility index (Phi) is 24.3. The van der Waals surface area contributed by atoms with Crippen LogP contribution in [0.25, 0.3) is 0 Å². The molecule has 1 heterocycles. The molecule has 0 amide bonds. The van der Waals surface area contributed by atoms with Crippen molar-refractivity contribution in [1.82, 2.24) is 0 Å². The van der Waals surface area contributed by atoms with E-state index in [1.807, 2.05) is 0 Å². The van der Waals surface area contributed by atoms with E-state index in [1.54, 1.807) is 0 Å². The first-order chi connectivity index (χ1) is 33.2. The van der Waals surface area contributed by atoms with Crippen LogP contribution < -0.4 is 9.80 Å². The first-order valence-corrected chi connectivity index (χ1v) is 24.4. The Balaban J connectivity index is 0.000000196. The number of ether oxygens (including phenoxy) is 1. The Hall–Kier alpha value is -5.84.